The van der Waals surface area contributed by atoms with Crippen molar-refractivity contribution in [3.8, 4) is 0 Å². The number of carbonyl (C=O) groups excluding carboxylic acids is 1. The first-order chi connectivity index (χ1) is 11.4. The number of hydrogen-bond donors (Lipinski definition) is 1. The minimum Gasteiger partial charge on any atom is -0.325 e. The van der Waals surface area contributed by atoms with Crippen molar-refractivity contribution in [2.24, 2.45) is 0 Å². The highest BCUT2D eigenvalue weighted by atomic mass is 32.2. The van der Waals surface area contributed by atoms with Crippen molar-refractivity contribution in [2.75, 3.05) is 11.9 Å². The number of carbonyl (C=O) groups is 1. The zero-order chi connectivity index (χ0) is 17.3. The fraction of sp³-hybridized carbons (Fsp3) is 0.353. The van der Waals surface area contributed by atoms with E-state index in [9.17, 15) is 13.2 Å². The van der Waals surface area contributed by atoms with Crippen molar-refractivity contribution in [3.05, 3.63) is 46.8 Å². The minimum atomic E-state index is -3.61. The molecule has 2 aromatic rings. The molecular weight excluding hydrogens is 344 g/mol. The molecule has 1 amide bonds. The van der Waals surface area contributed by atoms with Crippen molar-refractivity contribution < 1.29 is 13.2 Å². The lowest BCUT2D eigenvalue weighted by atomic mass is 10.1. The molecule has 1 aromatic carbocycles. The number of thiophene rings is 1. The van der Waals surface area contributed by atoms with E-state index >= 15 is 0 Å². The van der Waals surface area contributed by atoms with Crippen LogP contribution in [0.25, 0.3) is 0 Å². The molecule has 0 saturated carbocycles. The van der Waals surface area contributed by atoms with Crippen LogP contribution in [0.4, 0.5) is 5.69 Å². The van der Waals surface area contributed by atoms with Crippen LogP contribution in [0.5, 0.6) is 0 Å². The van der Waals surface area contributed by atoms with Gasteiger partial charge in [0.2, 0.25) is 5.91 Å². The smallest absolute Gasteiger partial charge is 0.253 e. The van der Waals surface area contributed by atoms with E-state index < -0.39 is 16.1 Å². The molecule has 1 unspecified atom stereocenters. The summed E-state index contributed by atoms with van der Waals surface area (Å²) in [6.07, 6.45) is 1.23. The first kappa shape index (κ1) is 17.1. The summed E-state index contributed by atoms with van der Waals surface area (Å²) < 4.78 is 27.1. The Bertz CT molecular complexity index is 824. The lowest BCUT2D eigenvalue weighted by Gasteiger charge is -2.22. The Morgan fingerprint density at radius 3 is 2.58 bits per heavy atom. The average molecular weight is 364 g/mol. The molecule has 1 atom stereocenters. The summed E-state index contributed by atoms with van der Waals surface area (Å²) in [6, 6.07) is 8.43. The third-order valence-corrected chi connectivity index (χ3v) is 7.33. The zero-order valence-corrected chi connectivity index (χ0v) is 15.3. The number of hydrogen-bond acceptors (Lipinski definition) is 4. The van der Waals surface area contributed by atoms with E-state index in [-0.39, 0.29) is 10.1 Å². The number of sulfonamides is 1. The normalized spacial score (nSPS) is 18.7. The molecule has 0 spiro atoms. The topological polar surface area (TPSA) is 66.5 Å². The second-order valence-corrected chi connectivity index (χ2v) is 9.14. The van der Waals surface area contributed by atoms with Gasteiger partial charge in [0, 0.05) is 12.2 Å². The van der Waals surface area contributed by atoms with Gasteiger partial charge in [-0.05, 0) is 61.4 Å². The first-order valence-electron chi connectivity index (χ1n) is 7.82. The Hall–Kier alpha value is -1.70. The van der Waals surface area contributed by atoms with Gasteiger partial charge in [0.05, 0.1) is 0 Å². The zero-order valence-electron chi connectivity index (χ0n) is 13.7. The van der Waals surface area contributed by atoms with Crippen molar-refractivity contribution in [1.82, 2.24) is 4.31 Å². The second-order valence-electron chi connectivity index (χ2n) is 6.07. The molecule has 0 aliphatic carbocycles. The van der Waals surface area contributed by atoms with E-state index in [4.69, 9.17) is 0 Å². The van der Waals surface area contributed by atoms with E-state index in [0.29, 0.717) is 25.1 Å². The molecule has 1 fully saturated rings. The highest BCUT2D eigenvalue weighted by Gasteiger charge is 2.39. The Morgan fingerprint density at radius 2 is 1.96 bits per heavy atom. The third-order valence-electron chi connectivity index (χ3n) is 4.05. The lowest BCUT2D eigenvalue weighted by molar-refractivity contribution is -0.119. The van der Waals surface area contributed by atoms with Crippen molar-refractivity contribution >= 4 is 33.0 Å². The van der Waals surface area contributed by atoms with Gasteiger partial charge in [0.1, 0.15) is 10.3 Å². The molecule has 1 aliphatic rings. The van der Waals surface area contributed by atoms with Gasteiger partial charge in [0.25, 0.3) is 10.0 Å². The number of aryl methyl sites for hydroxylation is 2. The molecule has 0 radical (unpaired) electrons. The van der Waals surface area contributed by atoms with Crippen LogP contribution in [0.2, 0.25) is 0 Å². The van der Waals surface area contributed by atoms with E-state index in [1.54, 1.807) is 17.5 Å². The molecule has 1 aromatic heterocycles. The molecule has 1 aliphatic heterocycles. The van der Waals surface area contributed by atoms with Crippen LogP contribution >= 0.6 is 11.3 Å². The largest absolute Gasteiger partial charge is 0.325 e. The van der Waals surface area contributed by atoms with Crippen LogP contribution in [-0.4, -0.2) is 31.2 Å². The number of amides is 1. The predicted molar refractivity (Wildman–Crippen MR) is 95.8 cm³/mol. The number of rotatable bonds is 4. The van der Waals surface area contributed by atoms with Gasteiger partial charge in [-0.2, -0.15) is 4.31 Å². The summed E-state index contributed by atoms with van der Waals surface area (Å²) in [5.74, 6) is -0.266. The van der Waals surface area contributed by atoms with E-state index in [2.05, 4.69) is 5.32 Å². The summed E-state index contributed by atoms with van der Waals surface area (Å²) in [4.78, 5) is 12.7. The first-order valence-corrected chi connectivity index (χ1v) is 10.1. The molecular formula is C17H20N2O3S2. The summed E-state index contributed by atoms with van der Waals surface area (Å²) in [5, 5.41) is 4.60. The van der Waals surface area contributed by atoms with Gasteiger partial charge >= 0.3 is 0 Å². The Balaban J connectivity index is 1.81. The van der Waals surface area contributed by atoms with Gasteiger partial charge in [-0.15, -0.1) is 11.3 Å². The van der Waals surface area contributed by atoms with Gasteiger partial charge in [0.15, 0.2) is 0 Å². The quantitative estimate of drug-likeness (QED) is 0.906. The fourth-order valence-electron chi connectivity index (χ4n) is 3.09. The molecule has 128 valence electrons. The predicted octanol–water partition coefficient (Wildman–Crippen LogP) is 3.16. The summed E-state index contributed by atoms with van der Waals surface area (Å²) in [5.41, 5.74) is 2.82. The third kappa shape index (κ3) is 3.38. The monoisotopic (exact) mass is 364 g/mol. The van der Waals surface area contributed by atoms with Gasteiger partial charge in [-0.1, -0.05) is 12.1 Å². The maximum atomic E-state index is 12.7. The molecule has 5 nitrogen and oxygen atoms in total. The van der Waals surface area contributed by atoms with Crippen LogP contribution in [-0.2, 0) is 14.8 Å². The molecule has 3 rings (SSSR count). The lowest BCUT2D eigenvalue weighted by Crippen LogP contribution is -2.42. The number of nitrogens with zero attached hydrogens (tertiary/aromatic N) is 1. The Kier molecular flexibility index (Phi) is 4.76. The molecule has 24 heavy (non-hydrogen) atoms. The molecule has 1 N–H and O–H groups in total. The summed E-state index contributed by atoms with van der Waals surface area (Å²) >= 11 is 1.18. The van der Waals surface area contributed by atoms with Crippen LogP contribution < -0.4 is 5.32 Å². The van der Waals surface area contributed by atoms with Crippen molar-refractivity contribution in [2.45, 2.75) is 36.9 Å². The van der Waals surface area contributed by atoms with E-state index in [1.807, 2.05) is 32.0 Å². The van der Waals surface area contributed by atoms with Crippen LogP contribution in [0.1, 0.15) is 24.0 Å². The Morgan fingerprint density at radius 1 is 1.25 bits per heavy atom. The van der Waals surface area contributed by atoms with Crippen LogP contribution in [0, 0.1) is 13.8 Å². The second kappa shape index (κ2) is 6.66. The fourth-order valence-corrected chi connectivity index (χ4v) is 5.86. The number of anilines is 1. The van der Waals surface area contributed by atoms with Crippen LogP contribution in [0.3, 0.4) is 0 Å². The van der Waals surface area contributed by atoms with Crippen molar-refractivity contribution in [1.29, 1.82) is 0 Å². The number of benzene rings is 1. The average Bonchev–Trinajstić information content (AvgIpc) is 3.18. The molecule has 1 saturated heterocycles. The highest BCUT2D eigenvalue weighted by Crippen LogP contribution is 2.29. The van der Waals surface area contributed by atoms with Gasteiger partial charge < -0.3 is 5.32 Å². The maximum Gasteiger partial charge on any atom is 0.253 e. The minimum absolute atomic E-state index is 0.266. The van der Waals surface area contributed by atoms with Crippen molar-refractivity contribution in [3.63, 3.8) is 0 Å². The molecule has 2 heterocycles. The van der Waals surface area contributed by atoms with Gasteiger partial charge in [-0.3, -0.25) is 4.79 Å². The summed E-state index contributed by atoms with van der Waals surface area (Å²) in [6.45, 7) is 4.31. The highest BCUT2D eigenvalue weighted by molar-refractivity contribution is 7.91. The van der Waals surface area contributed by atoms with E-state index in [1.165, 1.54) is 15.6 Å². The van der Waals surface area contributed by atoms with E-state index in [0.717, 1.165) is 11.1 Å². The van der Waals surface area contributed by atoms with Crippen LogP contribution in [0.15, 0.2) is 39.9 Å². The van der Waals surface area contributed by atoms with Gasteiger partial charge in [-0.25, -0.2) is 8.42 Å². The SMILES string of the molecule is Cc1cc(C)cc(NC(=O)C2CCCN2S(=O)(=O)c2cccs2)c1. The maximum absolute atomic E-state index is 12.7. The standard InChI is InChI=1S/C17H20N2O3S2/c1-12-9-13(2)11-14(10-12)18-17(20)15-5-3-7-19(15)24(21,22)16-6-4-8-23-16/h4,6,8-11,15H,3,5,7H2,1-2H3,(H,18,20). The summed E-state index contributed by atoms with van der Waals surface area (Å²) in [7, 11) is -3.61. The molecule has 7 heteroatoms. The molecule has 0 bridgehead atoms. The Labute approximate surface area is 146 Å². The number of nitrogens with one attached hydrogen (secondary N) is 1.